The molecule has 0 saturated heterocycles. The third kappa shape index (κ3) is 9.94. The topological polar surface area (TPSA) is 155 Å². The van der Waals surface area contributed by atoms with Crippen molar-refractivity contribution in [3.05, 3.63) is 12.7 Å². The molecule has 0 aliphatic heterocycles. The summed E-state index contributed by atoms with van der Waals surface area (Å²) in [7, 11) is 0. The lowest BCUT2D eigenvalue weighted by Crippen LogP contribution is -2.56. The number of aliphatic hydroxyl groups is 1. The Bertz CT molecular complexity index is 561. The number of aliphatic hydroxyl groups excluding tert-OH is 1. The number of alkyl carbamates (subject to hydrolysis) is 1. The molecule has 0 aromatic heterocycles. The van der Waals surface area contributed by atoms with Crippen LogP contribution in [0, 0.1) is 0 Å². The van der Waals surface area contributed by atoms with Gasteiger partial charge in [-0.3, -0.25) is 14.4 Å². The van der Waals surface area contributed by atoms with E-state index in [4.69, 9.17) is 9.47 Å². The van der Waals surface area contributed by atoms with Gasteiger partial charge in [-0.1, -0.05) is 12.7 Å². The van der Waals surface area contributed by atoms with Crippen LogP contribution >= 0.6 is 0 Å². The highest BCUT2D eigenvalue weighted by molar-refractivity contribution is 5.75. The average molecular weight is 389 g/mol. The molecule has 0 fully saturated rings. The number of hydrogen-bond donors (Lipinski definition) is 2. The molecule has 11 heteroatoms. The first-order valence-electron chi connectivity index (χ1n) is 7.77. The summed E-state index contributed by atoms with van der Waals surface area (Å²) in [6.45, 7) is 5.69. The van der Waals surface area contributed by atoms with Gasteiger partial charge >= 0.3 is 24.0 Å². The van der Waals surface area contributed by atoms with Crippen LogP contribution in [-0.2, 0) is 38.1 Å². The number of carbonyl (C=O) groups is 5. The third-order valence-electron chi connectivity index (χ3n) is 2.88. The van der Waals surface area contributed by atoms with Gasteiger partial charge < -0.3 is 34.2 Å². The lowest BCUT2D eigenvalue weighted by Gasteiger charge is -2.32. The van der Waals surface area contributed by atoms with Crippen molar-refractivity contribution in [2.24, 2.45) is 0 Å². The smallest absolute Gasteiger partial charge is 0.408 e. The first kappa shape index (κ1) is 24.1. The number of amides is 1. The van der Waals surface area contributed by atoms with Crippen LogP contribution < -0.4 is 5.32 Å². The van der Waals surface area contributed by atoms with Gasteiger partial charge in [0.2, 0.25) is 0 Å². The van der Waals surface area contributed by atoms with Crippen LogP contribution in [0.5, 0.6) is 0 Å². The maximum atomic E-state index is 11.7. The Labute approximate surface area is 155 Å². The van der Waals surface area contributed by atoms with Crippen molar-refractivity contribution in [1.29, 1.82) is 0 Å². The largest absolute Gasteiger partial charge is 0.463 e. The van der Waals surface area contributed by atoms with Gasteiger partial charge in [0.25, 0.3) is 0 Å². The molecule has 27 heavy (non-hydrogen) atoms. The molecule has 0 saturated carbocycles. The normalized spacial score (nSPS) is 14.5. The molecule has 11 nitrogen and oxygen atoms in total. The molecular weight excluding hydrogens is 366 g/mol. The Kier molecular flexibility index (Phi) is 11.1. The zero-order valence-electron chi connectivity index (χ0n) is 15.2. The molecule has 0 unspecified atom stereocenters. The van der Waals surface area contributed by atoms with Gasteiger partial charge in [0.05, 0.1) is 0 Å². The van der Waals surface area contributed by atoms with Crippen LogP contribution in [0.2, 0.25) is 0 Å². The maximum absolute atomic E-state index is 11.7. The molecule has 0 aliphatic rings. The predicted octanol–water partition coefficient (Wildman–Crippen LogP) is -0.746. The first-order valence-corrected chi connectivity index (χ1v) is 7.77. The minimum absolute atomic E-state index is 0.155. The first-order chi connectivity index (χ1) is 12.6. The van der Waals surface area contributed by atoms with E-state index in [0.29, 0.717) is 0 Å². The zero-order valence-corrected chi connectivity index (χ0v) is 15.2. The molecule has 4 atom stereocenters. The van der Waals surface area contributed by atoms with E-state index < -0.39 is 55.0 Å². The van der Waals surface area contributed by atoms with Gasteiger partial charge in [0, 0.05) is 20.8 Å². The van der Waals surface area contributed by atoms with Crippen molar-refractivity contribution >= 4 is 30.3 Å². The number of aldehydes is 1. The summed E-state index contributed by atoms with van der Waals surface area (Å²) in [6.07, 6.45) is -4.45. The number of carbonyl (C=O) groups excluding carboxylic acids is 5. The van der Waals surface area contributed by atoms with Crippen molar-refractivity contribution in [2.75, 3.05) is 13.2 Å². The third-order valence-corrected chi connectivity index (χ3v) is 2.88. The highest BCUT2D eigenvalue weighted by atomic mass is 16.6. The summed E-state index contributed by atoms with van der Waals surface area (Å²) >= 11 is 0. The van der Waals surface area contributed by atoms with E-state index in [-0.39, 0.29) is 12.9 Å². The number of ether oxygens (including phenoxy) is 4. The van der Waals surface area contributed by atoms with Gasteiger partial charge in [-0.15, -0.1) is 0 Å². The van der Waals surface area contributed by atoms with Crippen LogP contribution in [-0.4, -0.2) is 73.0 Å². The molecule has 2 N–H and O–H groups in total. The quantitative estimate of drug-likeness (QED) is 0.200. The number of hydrogen-bond acceptors (Lipinski definition) is 10. The molecule has 1 amide bonds. The van der Waals surface area contributed by atoms with Crippen molar-refractivity contribution in [3.63, 3.8) is 0 Å². The van der Waals surface area contributed by atoms with Crippen molar-refractivity contribution < 1.29 is 48.0 Å². The SMILES string of the molecule is C=CCOC(=O)N[C@@H](C=O)[C@@H](OC(C)=O)[C@@H](OC(C)=O)[C@H](O)COC(C)=O. The summed E-state index contributed by atoms with van der Waals surface area (Å²) in [5.41, 5.74) is 0. The van der Waals surface area contributed by atoms with E-state index in [1.165, 1.54) is 6.08 Å². The minimum atomic E-state index is -1.66. The molecule has 0 rings (SSSR count). The Morgan fingerprint density at radius 2 is 1.56 bits per heavy atom. The fraction of sp³-hybridized carbons (Fsp3) is 0.562. The van der Waals surface area contributed by atoms with Crippen LogP contribution in [0.4, 0.5) is 4.79 Å². The van der Waals surface area contributed by atoms with Crippen molar-refractivity contribution in [3.8, 4) is 0 Å². The van der Waals surface area contributed by atoms with Crippen LogP contribution in [0.1, 0.15) is 20.8 Å². The standard InChI is InChI=1S/C16H23NO10/c1-5-6-24-16(23)17-12(7-18)14(26-10(3)20)15(27-11(4)21)13(22)8-25-9(2)19/h5,7,12-15,22H,1,6,8H2,2-4H3,(H,17,23)/t12-,13+,14+,15-/m0/s1. The monoisotopic (exact) mass is 389 g/mol. The Morgan fingerprint density at radius 3 is 2.00 bits per heavy atom. The van der Waals surface area contributed by atoms with E-state index in [9.17, 15) is 29.1 Å². The maximum Gasteiger partial charge on any atom is 0.408 e. The highest BCUT2D eigenvalue weighted by Gasteiger charge is 2.40. The zero-order chi connectivity index (χ0) is 21.0. The van der Waals surface area contributed by atoms with Crippen molar-refractivity contribution in [2.45, 2.75) is 45.1 Å². The summed E-state index contributed by atoms with van der Waals surface area (Å²) in [5.74, 6) is -2.49. The molecule has 0 bridgehead atoms. The lowest BCUT2D eigenvalue weighted by atomic mass is 10.0. The van der Waals surface area contributed by atoms with Gasteiger partial charge in [0.15, 0.2) is 12.2 Å². The molecule has 152 valence electrons. The molecule has 0 heterocycles. The van der Waals surface area contributed by atoms with Crippen LogP contribution in [0.3, 0.4) is 0 Å². The highest BCUT2D eigenvalue weighted by Crippen LogP contribution is 2.15. The summed E-state index contributed by atoms with van der Waals surface area (Å²) < 4.78 is 19.2. The second kappa shape index (κ2) is 12.4. The van der Waals surface area contributed by atoms with Gasteiger partial charge in [-0.2, -0.15) is 0 Å². The number of nitrogens with one attached hydrogen (secondary N) is 1. The molecular formula is C16H23NO10. The van der Waals surface area contributed by atoms with E-state index in [2.05, 4.69) is 21.4 Å². The molecule has 0 spiro atoms. The van der Waals surface area contributed by atoms with Crippen LogP contribution in [0.15, 0.2) is 12.7 Å². The van der Waals surface area contributed by atoms with Gasteiger partial charge in [-0.05, 0) is 0 Å². The van der Waals surface area contributed by atoms with Gasteiger partial charge in [0.1, 0.15) is 31.6 Å². The molecule has 0 aromatic rings. The Hall–Kier alpha value is -2.95. The van der Waals surface area contributed by atoms with Crippen LogP contribution in [0.25, 0.3) is 0 Å². The molecule has 0 aromatic carbocycles. The molecule has 0 radical (unpaired) electrons. The lowest BCUT2D eigenvalue weighted by molar-refractivity contribution is -0.182. The van der Waals surface area contributed by atoms with E-state index >= 15 is 0 Å². The fourth-order valence-electron chi connectivity index (χ4n) is 1.90. The average Bonchev–Trinajstić information content (AvgIpc) is 2.58. The summed E-state index contributed by atoms with van der Waals surface area (Å²) in [4.78, 5) is 56.8. The Morgan fingerprint density at radius 1 is 1.00 bits per heavy atom. The fourth-order valence-corrected chi connectivity index (χ4v) is 1.90. The Balaban J connectivity index is 5.58. The number of esters is 3. The molecule has 0 aliphatic carbocycles. The van der Waals surface area contributed by atoms with E-state index in [1.807, 2.05) is 0 Å². The summed E-state index contributed by atoms with van der Waals surface area (Å²) in [5, 5.41) is 12.3. The van der Waals surface area contributed by atoms with E-state index in [0.717, 1.165) is 20.8 Å². The summed E-state index contributed by atoms with van der Waals surface area (Å²) in [6, 6.07) is -1.54. The van der Waals surface area contributed by atoms with E-state index in [1.54, 1.807) is 0 Å². The number of rotatable bonds is 11. The second-order valence-electron chi connectivity index (χ2n) is 5.21. The second-order valence-corrected chi connectivity index (χ2v) is 5.21. The van der Waals surface area contributed by atoms with Crippen molar-refractivity contribution in [1.82, 2.24) is 5.32 Å². The van der Waals surface area contributed by atoms with Gasteiger partial charge in [-0.25, -0.2) is 4.79 Å². The minimum Gasteiger partial charge on any atom is -0.463 e. The predicted molar refractivity (Wildman–Crippen MR) is 88.3 cm³/mol.